The molecular weight excluding hydrogens is 323 g/mol. The molecule has 0 saturated heterocycles. The number of rotatable bonds is 5. The molecule has 1 aromatic carbocycles. The predicted molar refractivity (Wildman–Crippen MR) is 73.7 cm³/mol. The Morgan fingerprint density at radius 2 is 2.28 bits per heavy atom. The van der Waals surface area contributed by atoms with Crippen molar-refractivity contribution >= 4 is 39.5 Å². The molecule has 0 saturated carbocycles. The first-order chi connectivity index (χ1) is 8.58. The van der Waals surface area contributed by atoms with E-state index in [1.165, 1.54) is 36.9 Å². The van der Waals surface area contributed by atoms with Crippen molar-refractivity contribution in [3.05, 3.63) is 40.4 Å². The van der Waals surface area contributed by atoms with Gasteiger partial charge in [-0.2, -0.15) is 0 Å². The third-order valence-electron chi connectivity index (χ3n) is 1.85. The van der Waals surface area contributed by atoms with Crippen LogP contribution >= 0.6 is 28.1 Å². The molecule has 7 heteroatoms. The van der Waals surface area contributed by atoms with E-state index in [2.05, 4.69) is 38.8 Å². The lowest BCUT2D eigenvalue weighted by molar-refractivity contribution is -0.119. The summed E-state index contributed by atoms with van der Waals surface area (Å²) in [5, 5.41) is 4.98. The maximum atomic E-state index is 12.9. The van der Waals surface area contributed by atoms with Crippen LogP contribution in [0.5, 0.6) is 5.75 Å². The van der Waals surface area contributed by atoms with Crippen LogP contribution in [0.1, 0.15) is 0 Å². The summed E-state index contributed by atoms with van der Waals surface area (Å²) in [7, 11) is 1.47. The van der Waals surface area contributed by atoms with Gasteiger partial charge in [0.1, 0.15) is 11.6 Å². The average Bonchev–Trinajstić information content (AvgIpc) is 2.36. The Morgan fingerprint density at radius 1 is 1.56 bits per heavy atom. The number of halogens is 2. The molecule has 0 spiro atoms. The number of likely N-dealkylation sites (N-methyl/N-ethyl adjacent to an activating group) is 1. The van der Waals surface area contributed by atoms with Gasteiger partial charge in [0.05, 0.1) is 16.2 Å². The van der Waals surface area contributed by atoms with Gasteiger partial charge >= 0.3 is 0 Å². The Labute approximate surface area is 117 Å². The van der Waals surface area contributed by atoms with Crippen LogP contribution in [0, 0.1) is 5.82 Å². The van der Waals surface area contributed by atoms with Gasteiger partial charge in [-0.05, 0) is 34.1 Å². The fraction of sp³-hybridized carbons (Fsp3) is 0.0909. The minimum atomic E-state index is -0.435. The molecule has 18 heavy (non-hydrogen) atoms. The van der Waals surface area contributed by atoms with E-state index in [4.69, 9.17) is 4.74 Å². The molecule has 0 aromatic heterocycles. The van der Waals surface area contributed by atoms with Gasteiger partial charge in [-0.25, -0.2) is 4.39 Å². The summed E-state index contributed by atoms with van der Waals surface area (Å²) >= 11 is 7.72. The zero-order chi connectivity index (χ0) is 13.5. The number of thiocarbonyl (C=S) groups is 1. The van der Waals surface area contributed by atoms with Crippen LogP contribution in [0.3, 0.4) is 0 Å². The highest BCUT2D eigenvalue weighted by atomic mass is 79.9. The third kappa shape index (κ3) is 4.08. The van der Waals surface area contributed by atoms with E-state index in [0.717, 1.165) is 0 Å². The molecule has 2 N–H and O–H groups in total. The molecule has 0 aliphatic carbocycles. The van der Waals surface area contributed by atoms with Gasteiger partial charge in [0, 0.05) is 7.05 Å². The van der Waals surface area contributed by atoms with Gasteiger partial charge in [0.25, 0.3) is 5.91 Å². The van der Waals surface area contributed by atoms with Gasteiger partial charge in [-0.15, -0.1) is 0 Å². The smallest absolute Gasteiger partial charge is 0.288 e. The molecule has 0 heterocycles. The maximum absolute atomic E-state index is 12.9. The zero-order valence-corrected chi connectivity index (χ0v) is 11.8. The molecule has 1 amide bonds. The van der Waals surface area contributed by atoms with E-state index in [1.54, 1.807) is 0 Å². The highest BCUT2D eigenvalue weighted by Crippen LogP contribution is 2.27. The number of ether oxygens (including phenoxy) is 1. The molecule has 0 bridgehead atoms. The van der Waals surface area contributed by atoms with Gasteiger partial charge < -0.3 is 15.4 Å². The molecule has 4 nitrogen and oxygen atoms in total. The molecule has 1 aromatic rings. The molecule has 96 valence electrons. The Morgan fingerprint density at radius 3 is 2.83 bits per heavy atom. The molecule has 0 unspecified atom stereocenters. The lowest BCUT2D eigenvalue weighted by atomic mass is 10.3. The predicted octanol–water partition coefficient (Wildman–Crippen LogP) is 2.10. The molecule has 1 rings (SSSR count). The van der Waals surface area contributed by atoms with Gasteiger partial charge in [-0.3, -0.25) is 4.79 Å². The van der Waals surface area contributed by atoms with Crippen LogP contribution < -0.4 is 15.4 Å². The van der Waals surface area contributed by atoms with Crippen LogP contribution in [0.2, 0.25) is 0 Å². The fourth-order valence-corrected chi connectivity index (χ4v) is 1.55. The Kier molecular flexibility index (Phi) is 5.73. The van der Waals surface area contributed by atoms with E-state index in [9.17, 15) is 9.18 Å². The van der Waals surface area contributed by atoms with Crippen molar-refractivity contribution in [1.29, 1.82) is 0 Å². The van der Waals surface area contributed by atoms with Crippen LogP contribution in [-0.4, -0.2) is 18.4 Å². The van der Waals surface area contributed by atoms with E-state index in [-0.39, 0.29) is 5.76 Å². The fourth-order valence-electron chi connectivity index (χ4n) is 1.05. The van der Waals surface area contributed by atoms with Gasteiger partial charge in [-0.1, -0.05) is 12.2 Å². The van der Waals surface area contributed by atoms with Crippen molar-refractivity contribution in [2.24, 2.45) is 0 Å². The summed E-state index contributed by atoms with van der Waals surface area (Å²) in [5.74, 6) is -0.518. The second-order valence-corrected chi connectivity index (χ2v) is 4.14. The Hall–Kier alpha value is -1.47. The number of nitrogens with one attached hydrogen (secondary N) is 2. The second-order valence-electron chi connectivity index (χ2n) is 3.05. The normalized spacial score (nSPS) is 10.7. The largest absolute Gasteiger partial charge is 0.449 e. The minimum Gasteiger partial charge on any atom is -0.449 e. The van der Waals surface area contributed by atoms with Gasteiger partial charge in [0.15, 0.2) is 0 Å². The van der Waals surface area contributed by atoms with Crippen LogP contribution in [0.15, 0.2) is 34.6 Å². The number of hydrogen-bond acceptors (Lipinski definition) is 3. The van der Waals surface area contributed by atoms with Crippen LogP contribution in [-0.2, 0) is 4.79 Å². The number of amides is 1. The molecule has 0 radical (unpaired) electrons. The Bertz CT molecular complexity index is 494. The standard InChI is InChI=1S/C11H10BrFN2O2S/c1-14-11(16)10(5-15-6-18)17-9-3-2-7(13)4-8(9)12/h2-6H,1H3,(H,14,16)(H,15,18)/b10-5+. The molecule has 0 fully saturated rings. The highest BCUT2D eigenvalue weighted by Gasteiger charge is 2.12. The number of carbonyl (C=O) groups is 1. The molecule has 0 aliphatic rings. The minimum absolute atomic E-state index is 0.00547. The number of carbonyl (C=O) groups excluding carboxylic acids is 1. The van der Waals surface area contributed by atoms with E-state index in [0.29, 0.717) is 10.2 Å². The molecule has 0 atom stereocenters. The zero-order valence-electron chi connectivity index (χ0n) is 9.37. The lowest BCUT2D eigenvalue weighted by Crippen LogP contribution is -2.24. The first-order valence-corrected chi connectivity index (χ1v) is 6.09. The van der Waals surface area contributed by atoms with Crippen molar-refractivity contribution in [3.63, 3.8) is 0 Å². The average molecular weight is 333 g/mol. The molecule has 0 aliphatic heterocycles. The maximum Gasteiger partial charge on any atom is 0.288 e. The number of benzene rings is 1. The highest BCUT2D eigenvalue weighted by molar-refractivity contribution is 9.10. The van der Waals surface area contributed by atoms with Gasteiger partial charge in [0.2, 0.25) is 5.76 Å². The molecular formula is C11H10BrFN2O2S. The van der Waals surface area contributed by atoms with Crippen molar-refractivity contribution in [2.45, 2.75) is 0 Å². The first-order valence-electron chi connectivity index (χ1n) is 4.83. The SMILES string of the molecule is CNC(=O)/C(=C\NC=S)Oc1ccc(F)cc1Br. The summed E-state index contributed by atoms with van der Waals surface area (Å²) in [6, 6.07) is 3.88. The summed E-state index contributed by atoms with van der Waals surface area (Å²) in [4.78, 5) is 11.5. The van der Waals surface area contributed by atoms with Crippen molar-refractivity contribution < 1.29 is 13.9 Å². The van der Waals surface area contributed by atoms with Crippen molar-refractivity contribution in [1.82, 2.24) is 10.6 Å². The van der Waals surface area contributed by atoms with Crippen LogP contribution in [0.4, 0.5) is 4.39 Å². The lowest BCUT2D eigenvalue weighted by Gasteiger charge is -2.10. The summed E-state index contributed by atoms with van der Waals surface area (Å²) in [6.45, 7) is 0. The Balaban J connectivity index is 2.95. The summed E-state index contributed by atoms with van der Waals surface area (Å²) in [5.41, 5.74) is 1.23. The topological polar surface area (TPSA) is 50.4 Å². The van der Waals surface area contributed by atoms with Crippen LogP contribution in [0.25, 0.3) is 0 Å². The quantitative estimate of drug-likeness (QED) is 0.492. The first kappa shape index (κ1) is 14.6. The van der Waals surface area contributed by atoms with Crippen molar-refractivity contribution in [2.75, 3.05) is 7.05 Å². The van der Waals surface area contributed by atoms with E-state index >= 15 is 0 Å². The monoisotopic (exact) mass is 332 g/mol. The van der Waals surface area contributed by atoms with E-state index in [1.807, 2.05) is 0 Å². The van der Waals surface area contributed by atoms with Crippen molar-refractivity contribution in [3.8, 4) is 5.75 Å². The third-order valence-corrected chi connectivity index (χ3v) is 2.60. The second kappa shape index (κ2) is 7.07. The summed E-state index contributed by atoms with van der Waals surface area (Å²) < 4.78 is 18.7. The number of hydrogen-bond donors (Lipinski definition) is 2. The van der Waals surface area contributed by atoms with E-state index < -0.39 is 11.7 Å². The summed E-state index contributed by atoms with van der Waals surface area (Å²) in [6.07, 6.45) is 1.31.